The van der Waals surface area contributed by atoms with E-state index in [1.165, 1.54) is 69.3 Å². The molecule has 0 heterocycles. The molecule has 0 aromatic heterocycles. The first kappa shape index (κ1) is 32.6. The summed E-state index contributed by atoms with van der Waals surface area (Å²) in [4.78, 5) is 0. The molecule has 0 saturated heterocycles. The minimum Gasteiger partial charge on any atom is -0.0696 e. The van der Waals surface area contributed by atoms with Crippen molar-refractivity contribution >= 4 is 62.3 Å². The van der Waals surface area contributed by atoms with Crippen molar-refractivity contribution in [1.82, 2.24) is 0 Å². The summed E-state index contributed by atoms with van der Waals surface area (Å²) >= 11 is 0. The van der Waals surface area contributed by atoms with Crippen LogP contribution in [0.15, 0.2) is 182 Å². The lowest BCUT2D eigenvalue weighted by molar-refractivity contribution is 1.25. The van der Waals surface area contributed by atoms with Crippen LogP contribution in [0, 0.1) is 0 Å². The molecule has 0 unspecified atom stereocenters. The van der Waals surface area contributed by atoms with Crippen molar-refractivity contribution in [2.24, 2.45) is 0 Å². The van der Waals surface area contributed by atoms with E-state index in [2.05, 4.69) is 182 Å². The van der Waals surface area contributed by atoms with Crippen LogP contribution in [0.1, 0.15) is 0 Å². The Morgan fingerprint density at radius 2 is 0.435 bits per heavy atom. The second kappa shape index (κ2) is 17.6. The Morgan fingerprint density at radius 1 is 0.261 bits per heavy atom. The van der Waals surface area contributed by atoms with Crippen LogP contribution in [-0.4, -0.2) is 25.2 Å². The molecule has 0 aliphatic heterocycles. The third-order valence-corrected chi connectivity index (χ3v) is 16.3. The van der Waals surface area contributed by atoms with Gasteiger partial charge in [-0.2, -0.15) is 0 Å². The van der Waals surface area contributed by atoms with Gasteiger partial charge in [0.2, 0.25) is 0 Å². The zero-order valence-corrected chi connectivity index (χ0v) is 29.2. The average molecular weight is 651 g/mol. The van der Waals surface area contributed by atoms with E-state index in [0.29, 0.717) is 6.71 Å². The summed E-state index contributed by atoms with van der Waals surface area (Å²) in [6, 6.07) is 67.6. The van der Waals surface area contributed by atoms with Gasteiger partial charge in [0.05, 0.1) is 0 Å². The molecule has 0 atom stereocenters. The summed E-state index contributed by atoms with van der Waals surface area (Å²) in [6.07, 6.45) is 7.48. The van der Waals surface area contributed by atoms with Crippen LogP contribution in [0.4, 0.5) is 0 Å². The highest BCUT2D eigenvalue weighted by Gasteiger charge is 2.24. The molecule has 0 nitrogen and oxygen atoms in total. The van der Waals surface area contributed by atoms with E-state index in [1.54, 1.807) is 0 Å². The first-order chi connectivity index (χ1) is 22.8. The zero-order valence-electron chi connectivity index (χ0n) is 26.5. The normalized spacial score (nSPS) is 11.3. The molecular formula is C42H42BP3. The maximum atomic E-state index is 2.35. The number of rotatable bonds is 15. The standard InChI is InChI=1S/C42H42BP3/c1-7-19-37(20-8-1)44(38-21-9-2-10-22-38)34-31-43(32-35-45(39-23-11-3-12-24-39)40-25-13-4-14-26-40)33-36-46(41-27-15-5-16-28-41)42-29-17-6-18-30-42/h1-30H,31-36H2. The quantitative estimate of drug-likeness (QED) is 0.0770. The van der Waals surface area contributed by atoms with Crippen LogP contribution in [0.5, 0.6) is 0 Å². The number of hydrogen-bond acceptors (Lipinski definition) is 0. The second-order valence-electron chi connectivity index (χ2n) is 11.7. The van der Waals surface area contributed by atoms with Gasteiger partial charge < -0.3 is 0 Å². The van der Waals surface area contributed by atoms with Crippen molar-refractivity contribution < 1.29 is 0 Å². The van der Waals surface area contributed by atoms with Gasteiger partial charge in [0, 0.05) is 0 Å². The lowest BCUT2D eigenvalue weighted by Crippen LogP contribution is -2.24. The van der Waals surface area contributed by atoms with E-state index in [9.17, 15) is 0 Å². The van der Waals surface area contributed by atoms with Gasteiger partial charge >= 0.3 is 0 Å². The summed E-state index contributed by atoms with van der Waals surface area (Å²) < 4.78 is 0. The molecule has 46 heavy (non-hydrogen) atoms. The fourth-order valence-corrected chi connectivity index (χ4v) is 13.7. The summed E-state index contributed by atoms with van der Waals surface area (Å²) in [5.41, 5.74) is 0. The van der Waals surface area contributed by atoms with Crippen LogP contribution < -0.4 is 31.8 Å². The predicted molar refractivity (Wildman–Crippen MR) is 212 cm³/mol. The second-order valence-corrected chi connectivity index (χ2v) is 18.7. The van der Waals surface area contributed by atoms with E-state index in [-0.39, 0.29) is 0 Å². The molecule has 6 rings (SSSR count). The molecule has 0 fully saturated rings. The van der Waals surface area contributed by atoms with Gasteiger partial charge in [-0.3, -0.25) is 0 Å². The van der Waals surface area contributed by atoms with E-state index < -0.39 is 23.8 Å². The summed E-state index contributed by atoms with van der Waals surface area (Å²) in [5, 5.41) is 8.97. The minimum absolute atomic E-state index is 0.400. The Hall–Kier alpha value is -3.33. The molecule has 0 saturated carbocycles. The van der Waals surface area contributed by atoms with Crippen LogP contribution in [0.3, 0.4) is 0 Å². The monoisotopic (exact) mass is 650 g/mol. The van der Waals surface area contributed by atoms with E-state index in [0.717, 1.165) is 0 Å². The SMILES string of the molecule is c1ccc(P(CCB(CCP(c2ccccc2)c2ccccc2)CCP(c2ccccc2)c2ccccc2)c2ccccc2)cc1. The number of hydrogen-bond donors (Lipinski definition) is 0. The fraction of sp³-hybridized carbons (Fsp3) is 0.143. The van der Waals surface area contributed by atoms with Crippen molar-refractivity contribution in [2.45, 2.75) is 19.0 Å². The smallest absolute Gasteiger partial charge is 0.0696 e. The maximum absolute atomic E-state index is 2.35. The van der Waals surface area contributed by atoms with Gasteiger partial charge in [0.15, 0.2) is 0 Å². The van der Waals surface area contributed by atoms with Gasteiger partial charge in [0.1, 0.15) is 6.71 Å². The Kier molecular flexibility index (Phi) is 12.4. The van der Waals surface area contributed by atoms with Crippen LogP contribution in [0.25, 0.3) is 0 Å². The molecule has 6 aromatic rings. The molecule has 0 spiro atoms. The topological polar surface area (TPSA) is 0 Å². The Labute approximate surface area is 280 Å². The number of benzene rings is 6. The average Bonchev–Trinajstić information content (AvgIpc) is 3.14. The highest BCUT2D eigenvalue weighted by atomic mass is 31.1. The van der Waals surface area contributed by atoms with E-state index in [4.69, 9.17) is 0 Å². The first-order valence-electron chi connectivity index (χ1n) is 16.5. The largest absolute Gasteiger partial charge is 0.140 e. The van der Waals surface area contributed by atoms with Crippen LogP contribution in [0.2, 0.25) is 19.0 Å². The van der Waals surface area contributed by atoms with Gasteiger partial charge in [0.25, 0.3) is 0 Å². The predicted octanol–water partition coefficient (Wildman–Crippen LogP) is 8.88. The summed E-state index contributed by atoms with van der Waals surface area (Å²) in [6.45, 7) is 0.673. The molecule has 0 N–H and O–H groups in total. The van der Waals surface area contributed by atoms with Crippen LogP contribution >= 0.6 is 23.8 Å². The molecule has 228 valence electrons. The summed E-state index contributed by atoms with van der Waals surface area (Å²) in [7, 11) is -1.20. The first-order valence-corrected chi connectivity index (χ1v) is 21.1. The highest BCUT2D eigenvalue weighted by Crippen LogP contribution is 2.40. The van der Waals surface area contributed by atoms with Crippen molar-refractivity contribution in [2.75, 3.05) is 18.5 Å². The fourth-order valence-electron chi connectivity index (χ4n) is 6.24. The third-order valence-electron chi connectivity index (χ3n) is 8.69. The minimum atomic E-state index is -0.400. The molecule has 0 radical (unpaired) electrons. The lowest BCUT2D eigenvalue weighted by atomic mass is 9.44. The van der Waals surface area contributed by atoms with Gasteiger partial charge in [-0.15, -0.1) is 0 Å². The molecule has 0 amide bonds. The Bertz CT molecular complexity index is 1360. The molecule has 0 aliphatic carbocycles. The van der Waals surface area contributed by atoms with Crippen LogP contribution in [-0.2, 0) is 0 Å². The third kappa shape index (κ3) is 9.14. The van der Waals surface area contributed by atoms with Gasteiger partial charge in [-0.05, 0) is 74.1 Å². The van der Waals surface area contributed by atoms with Crippen molar-refractivity contribution in [3.05, 3.63) is 182 Å². The maximum Gasteiger partial charge on any atom is 0.140 e. The Balaban J connectivity index is 1.27. The van der Waals surface area contributed by atoms with Gasteiger partial charge in [-0.25, -0.2) is 0 Å². The van der Waals surface area contributed by atoms with Gasteiger partial charge in [-0.1, -0.05) is 201 Å². The highest BCUT2D eigenvalue weighted by molar-refractivity contribution is 7.74. The van der Waals surface area contributed by atoms with E-state index in [1.807, 2.05) is 0 Å². The Morgan fingerprint density at radius 3 is 0.609 bits per heavy atom. The van der Waals surface area contributed by atoms with Crippen molar-refractivity contribution in [3.63, 3.8) is 0 Å². The van der Waals surface area contributed by atoms with Crippen molar-refractivity contribution in [3.8, 4) is 0 Å². The lowest BCUT2D eigenvalue weighted by Gasteiger charge is -2.25. The molecule has 6 aromatic carbocycles. The molecule has 0 bridgehead atoms. The van der Waals surface area contributed by atoms with E-state index >= 15 is 0 Å². The molecular weight excluding hydrogens is 608 g/mol. The van der Waals surface area contributed by atoms with Crippen molar-refractivity contribution in [1.29, 1.82) is 0 Å². The summed E-state index contributed by atoms with van der Waals surface area (Å²) in [5.74, 6) is 0. The molecule has 4 heteroatoms. The zero-order chi connectivity index (χ0) is 31.2. The molecule has 0 aliphatic rings.